The number of carbonyl (C=O) groups is 2. The van der Waals surface area contributed by atoms with Gasteiger partial charge in [0.15, 0.2) is 0 Å². The van der Waals surface area contributed by atoms with Crippen molar-refractivity contribution in [2.75, 3.05) is 13.8 Å². The summed E-state index contributed by atoms with van der Waals surface area (Å²) in [5.74, 6) is 0. The second-order valence-electron chi connectivity index (χ2n) is 1.46. The third-order valence-corrected chi connectivity index (χ3v) is 0.866. The third-order valence-electron chi connectivity index (χ3n) is 0.866. The molecule has 0 saturated carbocycles. The van der Waals surface area contributed by atoms with Crippen molar-refractivity contribution in [1.29, 1.82) is 0 Å². The summed E-state index contributed by atoms with van der Waals surface area (Å²) in [6.07, 6.45) is 0. The van der Waals surface area contributed by atoms with Gasteiger partial charge in [0, 0.05) is 7.05 Å². The molecule has 0 aromatic rings. The van der Waals surface area contributed by atoms with Gasteiger partial charge in [-0.1, -0.05) is 0 Å². The molecule has 0 saturated heterocycles. The average Bonchev–Trinajstić information content (AvgIpc) is 1.88. The number of aliphatic hydroxyl groups excluding tert-OH is 1. The van der Waals surface area contributed by atoms with E-state index in [9.17, 15) is 9.59 Å². The van der Waals surface area contributed by atoms with E-state index in [1.165, 1.54) is 7.05 Å². The first-order chi connectivity index (χ1) is 4.63. The van der Waals surface area contributed by atoms with Gasteiger partial charge in [-0.05, 0) is 0 Å². The molecule has 4 amide bonds. The minimum Gasteiger partial charge on any atom is -0.376 e. The van der Waals surface area contributed by atoms with Gasteiger partial charge < -0.3 is 16.2 Å². The number of hydrogen-bond donors (Lipinski definition) is 3. The predicted molar refractivity (Wildman–Crippen MR) is 33.0 cm³/mol. The Bertz CT molecular complexity index is 147. The van der Waals surface area contributed by atoms with Crippen LogP contribution in [-0.4, -0.2) is 35.8 Å². The molecule has 0 aliphatic rings. The van der Waals surface area contributed by atoms with E-state index in [-0.39, 0.29) is 0 Å². The summed E-state index contributed by atoms with van der Waals surface area (Å²) in [6, 6.07) is -1.71. The van der Waals surface area contributed by atoms with Crippen LogP contribution < -0.4 is 11.1 Å². The molecule has 6 heteroatoms. The van der Waals surface area contributed by atoms with E-state index < -0.39 is 18.8 Å². The molecule has 0 aromatic heterocycles. The van der Waals surface area contributed by atoms with Crippen LogP contribution in [0.5, 0.6) is 0 Å². The fourth-order valence-electron chi connectivity index (χ4n) is 0.369. The lowest BCUT2D eigenvalue weighted by Crippen LogP contribution is -2.45. The Morgan fingerprint density at radius 1 is 1.70 bits per heavy atom. The number of aliphatic hydroxyl groups is 1. The van der Waals surface area contributed by atoms with Gasteiger partial charge in [-0.2, -0.15) is 0 Å². The number of nitrogens with zero attached hydrogens (tertiary/aromatic N) is 1. The lowest BCUT2D eigenvalue weighted by molar-refractivity contribution is 0.137. The molecule has 0 aromatic carbocycles. The van der Waals surface area contributed by atoms with Crippen molar-refractivity contribution in [2.45, 2.75) is 0 Å². The van der Waals surface area contributed by atoms with Gasteiger partial charge in [-0.15, -0.1) is 0 Å². The summed E-state index contributed by atoms with van der Waals surface area (Å²) in [5, 5.41) is 10.5. The van der Waals surface area contributed by atoms with E-state index >= 15 is 0 Å². The molecule has 0 aliphatic carbocycles. The van der Waals surface area contributed by atoms with Gasteiger partial charge in [0.25, 0.3) is 0 Å². The molecule has 6 nitrogen and oxygen atoms in total. The molecule has 0 atom stereocenters. The van der Waals surface area contributed by atoms with Gasteiger partial charge >= 0.3 is 12.1 Å². The van der Waals surface area contributed by atoms with Crippen molar-refractivity contribution in [1.82, 2.24) is 10.2 Å². The molecule has 58 valence electrons. The molecule has 0 radical (unpaired) electrons. The topological polar surface area (TPSA) is 95.7 Å². The molecule has 0 heterocycles. The quantitative estimate of drug-likeness (QED) is 0.400. The highest BCUT2D eigenvalue weighted by molar-refractivity contribution is 5.92. The zero-order valence-electron chi connectivity index (χ0n) is 5.50. The highest BCUT2D eigenvalue weighted by Gasteiger charge is 2.14. The molecule has 0 rings (SSSR count). The first-order valence-corrected chi connectivity index (χ1v) is 2.53. The molecule has 4 N–H and O–H groups in total. The van der Waals surface area contributed by atoms with E-state index in [4.69, 9.17) is 5.11 Å². The second-order valence-corrected chi connectivity index (χ2v) is 1.46. The van der Waals surface area contributed by atoms with Crippen LogP contribution in [0.25, 0.3) is 0 Å². The zero-order chi connectivity index (χ0) is 8.15. The molecule has 10 heavy (non-hydrogen) atoms. The Balaban J connectivity index is 4.06. The Kier molecular flexibility index (Phi) is 3.20. The maximum Gasteiger partial charge on any atom is 0.327 e. The van der Waals surface area contributed by atoms with Crippen molar-refractivity contribution in [3.05, 3.63) is 0 Å². The average molecular weight is 147 g/mol. The van der Waals surface area contributed by atoms with E-state index in [2.05, 4.69) is 11.1 Å². The maximum atomic E-state index is 10.5. The maximum absolute atomic E-state index is 10.5. The predicted octanol–water partition coefficient (Wildman–Crippen LogP) is -1.34. The highest BCUT2D eigenvalue weighted by Crippen LogP contribution is 1.84. The number of primary amides is 1. The zero-order valence-corrected chi connectivity index (χ0v) is 5.50. The van der Waals surface area contributed by atoms with Crippen molar-refractivity contribution in [2.24, 2.45) is 5.73 Å². The van der Waals surface area contributed by atoms with E-state index in [0.717, 1.165) is 0 Å². The van der Waals surface area contributed by atoms with Crippen LogP contribution in [0.2, 0.25) is 0 Å². The molecule has 0 unspecified atom stereocenters. The monoisotopic (exact) mass is 147 g/mol. The number of nitrogens with two attached hydrogens (primary N) is 1. The first-order valence-electron chi connectivity index (χ1n) is 2.53. The lowest BCUT2D eigenvalue weighted by atomic mass is 10.7. The Labute approximate surface area is 57.6 Å². The van der Waals surface area contributed by atoms with Gasteiger partial charge in [0.1, 0.15) is 6.73 Å². The standard InChI is InChI=1S/C4H9N3O3/c1-6-4(10)7(2-8)3(5)9/h8H,2H2,1H3,(H2,5,9)(H,6,10). The summed E-state index contributed by atoms with van der Waals surface area (Å²) in [5.41, 5.74) is 4.69. The van der Waals surface area contributed by atoms with Gasteiger partial charge in [0.05, 0.1) is 0 Å². The van der Waals surface area contributed by atoms with Crippen LogP contribution >= 0.6 is 0 Å². The van der Waals surface area contributed by atoms with E-state index in [1.807, 2.05) is 0 Å². The molecule has 0 spiro atoms. The number of carbonyl (C=O) groups excluding carboxylic acids is 2. The minimum absolute atomic E-state index is 0.458. The fraction of sp³-hybridized carbons (Fsp3) is 0.500. The van der Waals surface area contributed by atoms with Crippen LogP contribution in [0.4, 0.5) is 9.59 Å². The summed E-state index contributed by atoms with van der Waals surface area (Å²) in [4.78, 5) is 21.3. The number of urea groups is 2. The van der Waals surface area contributed by atoms with Crippen LogP contribution in [-0.2, 0) is 0 Å². The van der Waals surface area contributed by atoms with Gasteiger partial charge in [0.2, 0.25) is 0 Å². The molecule has 0 fully saturated rings. The summed E-state index contributed by atoms with van der Waals surface area (Å²) in [7, 11) is 1.33. The first kappa shape index (κ1) is 8.70. The number of nitrogens with one attached hydrogen (secondary N) is 1. The molecular weight excluding hydrogens is 138 g/mol. The number of amides is 4. The van der Waals surface area contributed by atoms with Crippen LogP contribution in [0, 0.1) is 0 Å². The highest BCUT2D eigenvalue weighted by atomic mass is 16.3. The van der Waals surface area contributed by atoms with Crippen molar-refractivity contribution < 1.29 is 14.7 Å². The SMILES string of the molecule is CNC(=O)N(CO)C(N)=O. The summed E-state index contributed by atoms with van der Waals surface area (Å²) < 4.78 is 0. The molecule has 0 bridgehead atoms. The molecule has 0 aliphatic heterocycles. The van der Waals surface area contributed by atoms with Crippen molar-refractivity contribution in [3.8, 4) is 0 Å². The Morgan fingerprint density at radius 2 is 2.20 bits per heavy atom. The number of rotatable bonds is 1. The second kappa shape index (κ2) is 3.67. The van der Waals surface area contributed by atoms with Gasteiger partial charge in [-0.25, -0.2) is 14.5 Å². The normalized spacial score (nSPS) is 8.60. The van der Waals surface area contributed by atoms with Crippen LogP contribution in [0.1, 0.15) is 0 Å². The minimum atomic E-state index is -0.984. The smallest absolute Gasteiger partial charge is 0.327 e. The summed E-state index contributed by atoms with van der Waals surface area (Å²) in [6.45, 7) is -0.713. The summed E-state index contributed by atoms with van der Waals surface area (Å²) >= 11 is 0. The lowest BCUT2D eigenvalue weighted by Gasteiger charge is -2.13. The number of hydrogen-bond acceptors (Lipinski definition) is 3. The van der Waals surface area contributed by atoms with E-state index in [1.54, 1.807) is 0 Å². The van der Waals surface area contributed by atoms with Crippen molar-refractivity contribution in [3.63, 3.8) is 0 Å². The largest absolute Gasteiger partial charge is 0.376 e. The fourth-order valence-corrected chi connectivity index (χ4v) is 0.369. The van der Waals surface area contributed by atoms with Crippen LogP contribution in [0.15, 0.2) is 0 Å². The molecular formula is C4H9N3O3. The van der Waals surface area contributed by atoms with E-state index in [0.29, 0.717) is 4.90 Å². The van der Waals surface area contributed by atoms with Crippen LogP contribution in [0.3, 0.4) is 0 Å². The number of imide groups is 1. The van der Waals surface area contributed by atoms with Gasteiger partial charge in [-0.3, -0.25) is 0 Å². The van der Waals surface area contributed by atoms with Crippen molar-refractivity contribution >= 4 is 12.1 Å². The Morgan fingerprint density at radius 3 is 2.30 bits per heavy atom. The third kappa shape index (κ3) is 1.90. The Hall–Kier alpha value is -1.30.